The molecule has 6 heteroatoms. The number of likely N-dealkylation sites (tertiary alicyclic amines) is 1. The summed E-state index contributed by atoms with van der Waals surface area (Å²) in [5.74, 6) is 0.235. The van der Waals surface area contributed by atoms with Crippen molar-refractivity contribution in [3.8, 4) is 11.5 Å². The van der Waals surface area contributed by atoms with Crippen LogP contribution < -0.4 is 9.47 Å². The van der Waals surface area contributed by atoms with E-state index in [1.54, 1.807) is 12.0 Å². The topological polar surface area (TPSA) is 76.1 Å². The summed E-state index contributed by atoms with van der Waals surface area (Å²) in [5.41, 5.74) is 0. The van der Waals surface area contributed by atoms with Crippen LogP contribution in [-0.4, -0.2) is 48.7 Å². The monoisotopic (exact) mass is 321 g/mol. The number of hydrogen-bond acceptors (Lipinski definition) is 4. The predicted octanol–water partition coefficient (Wildman–Crippen LogP) is 2.03. The molecule has 0 spiro atoms. The van der Waals surface area contributed by atoms with Crippen molar-refractivity contribution in [3.05, 3.63) is 24.3 Å². The Kier molecular flexibility index (Phi) is 5.84. The Hall–Kier alpha value is -2.24. The van der Waals surface area contributed by atoms with Crippen molar-refractivity contribution >= 4 is 11.9 Å². The van der Waals surface area contributed by atoms with E-state index in [9.17, 15) is 9.59 Å². The Bertz CT molecular complexity index is 542. The highest BCUT2D eigenvalue weighted by atomic mass is 16.5. The highest BCUT2D eigenvalue weighted by molar-refractivity contribution is 5.78. The van der Waals surface area contributed by atoms with E-state index in [4.69, 9.17) is 14.6 Å². The van der Waals surface area contributed by atoms with Gasteiger partial charge in [-0.15, -0.1) is 0 Å². The number of aliphatic carboxylic acids is 1. The lowest BCUT2D eigenvalue weighted by Crippen LogP contribution is -2.30. The molecule has 0 aromatic heterocycles. The fraction of sp³-hybridized carbons (Fsp3) is 0.529. The normalized spacial score (nSPS) is 20.3. The number of carbonyl (C=O) groups is 2. The van der Waals surface area contributed by atoms with Crippen molar-refractivity contribution in [1.29, 1.82) is 0 Å². The number of benzene rings is 1. The second-order valence-electron chi connectivity index (χ2n) is 5.85. The van der Waals surface area contributed by atoms with E-state index in [1.165, 1.54) is 0 Å². The molecule has 2 atom stereocenters. The van der Waals surface area contributed by atoms with Crippen molar-refractivity contribution in [1.82, 2.24) is 4.90 Å². The number of rotatable bonds is 7. The molecule has 0 aliphatic carbocycles. The molecule has 0 bridgehead atoms. The van der Waals surface area contributed by atoms with Gasteiger partial charge in [-0.25, -0.2) is 0 Å². The molecule has 1 saturated heterocycles. The molecule has 1 aromatic rings. The summed E-state index contributed by atoms with van der Waals surface area (Å²) in [5, 5.41) is 9.09. The zero-order valence-corrected chi connectivity index (χ0v) is 13.5. The molecule has 126 valence electrons. The zero-order valence-electron chi connectivity index (χ0n) is 13.5. The van der Waals surface area contributed by atoms with Crippen LogP contribution in [0.5, 0.6) is 11.5 Å². The van der Waals surface area contributed by atoms with Gasteiger partial charge in [0.05, 0.1) is 19.6 Å². The highest BCUT2D eigenvalue weighted by Gasteiger charge is 2.36. The van der Waals surface area contributed by atoms with E-state index >= 15 is 0 Å². The second-order valence-corrected chi connectivity index (χ2v) is 5.85. The Morgan fingerprint density at radius 2 is 1.87 bits per heavy atom. The molecule has 1 aromatic carbocycles. The third kappa shape index (κ3) is 4.61. The van der Waals surface area contributed by atoms with E-state index in [-0.39, 0.29) is 11.8 Å². The molecule has 1 aliphatic rings. The van der Waals surface area contributed by atoms with E-state index in [0.717, 1.165) is 11.5 Å². The van der Waals surface area contributed by atoms with Crippen LogP contribution in [-0.2, 0) is 9.59 Å². The first-order chi connectivity index (χ1) is 11.0. The van der Waals surface area contributed by atoms with Crippen molar-refractivity contribution in [2.24, 2.45) is 11.8 Å². The van der Waals surface area contributed by atoms with Gasteiger partial charge in [0, 0.05) is 19.5 Å². The minimum atomic E-state index is -0.823. The molecule has 2 rings (SSSR count). The number of ether oxygens (including phenoxy) is 2. The third-order valence-electron chi connectivity index (χ3n) is 4.15. The number of hydrogen-bond donors (Lipinski definition) is 1. The minimum Gasteiger partial charge on any atom is -0.497 e. The van der Waals surface area contributed by atoms with Crippen LogP contribution in [0.3, 0.4) is 0 Å². The van der Waals surface area contributed by atoms with Gasteiger partial charge in [-0.2, -0.15) is 0 Å². The standard InChI is InChI=1S/C17H23NO5/c1-12-10-18(11-15(12)17(20)21)16(19)4-3-9-23-14-7-5-13(22-2)6-8-14/h5-8,12,15H,3-4,9-11H2,1-2H3,(H,20,21)/t12-,15-/m1/s1. The van der Waals surface area contributed by atoms with Crippen LogP contribution in [0.25, 0.3) is 0 Å². The number of carbonyl (C=O) groups excluding carboxylic acids is 1. The summed E-state index contributed by atoms with van der Waals surface area (Å²) in [7, 11) is 1.61. The Morgan fingerprint density at radius 1 is 1.22 bits per heavy atom. The molecule has 23 heavy (non-hydrogen) atoms. The van der Waals surface area contributed by atoms with Gasteiger partial charge < -0.3 is 19.5 Å². The largest absolute Gasteiger partial charge is 0.497 e. The molecule has 0 unspecified atom stereocenters. The molecule has 6 nitrogen and oxygen atoms in total. The highest BCUT2D eigenvalue weighted by Crippen LogP contribution is 2.24. The average molecular weight is 321 g/mol. The van der Waals surface area contributed by atoms with Gasteiger partial charge in [-0.3, -0.25) is 9.59 Å². The molecule has 1 fully saturated rings. The van der Waals surface area contributed by atoms with Crippen molar-refractivity contribution in [2.75, 3.05) is 26.8 Å². The lowest BCUT2D eigenvalue weighted by Gasteiger charge is -2.16. The van der Waals surface area contributed by atoms with Gasteiger partial charge in [-0.1, -0.05) is 6.92 Å². The fourth-order valence-corrected chi connectivity index (χ4v) is 2.74. The van der Waals surface area contributed by atoms with Gasteiger partial charge in [-0.05, 0) is 36.6 Å². The zero-order chi connectivity index (χ0) is 16.8. The maximum Gasteiger partial charge on any atom is 0.308 e. The van der Waals surface area contributed by atoms with Gasteiger partial charge in [0.25, 0.3) is 0 Å². The van der Waals surface area contributed by atoms with Crippen LogP contribution in [0.2, 0.25) is 0 Å². The van der Waals surface area contributed by atoms with Crippen LogP contribution in [0.1, 0.15) is 19.8 Å². The first-order valence-corrected chi connectivity index (χ1v) is 7.78. The minimum absolute atomic E-state index is 0.000990. The average Bonchev–Trinajstić information content (AvgIpc) is 2.94. The van der Waals surface area contributed by atoms with Gasteiger partial charge in [0.1, 0.15) is 11.5 Å². The third-order valence-corrected chi connectivity index (χ3v) is 4.15. The molecule has 1 heterocycles. The lowest BCUT2D eigenvalue weighted by atomic mass is 9.99. The Labute approximate surface area is 136 Å². The van der Waals surface area contributed by atoms with Crippen LogP contribution in [0, 0.1) is 11.8 Å². The Balaban J connectivity index is 1.69. The number of carboxylic acids is 1. The summed E-state index contributed by atoms with van der Waals surface area (Å²) in [6.45, 7) is 3.16. The van der Waals surface area contributed by atoms with E-state index in [1.807, 2.05) is 31.2 Å². The quantitative estimate of drug-likeness (QED) is 0.778. The number of nitrogens with zero attached hydrogens (tertiary/aromatic N) is 1. The van der Waals surface area contributed by atoms with Crippen LogP contribution >= 0.6 is 0 Å². The van der Waals surface area contributed by atoms with Crippen molar-refractivity contribution < 1.29 is 24.2 Å². The van der Waals surface area contributed by atoms with E-state index < -0.39 is 11.9 Å². The van der Waals surface area contributed by atoms with Crippen LogP contribution in [0.15, 0.2) is 24.3 Å². The summed E-state index contributed by atoms with van der Waals surface area (Å²) in [6.07, 6.45) is 0.975. The van der Waals surface area contributed by atoms with Crippen LogP contribution in [0.4, 0.5) is 0 Å². The van der Waals surface area contributed by atoms with Gasteiger partial charge in [0.2, 0.25) is 5.91 Å². The summed E-state index contributed by atoms with van der Waals surface area (Å²) in [4.78, 5) is 24.8. The Morgan fingerprint density at radius 3 is 2.43 bits per heavy atom. The van der Waals surface area contributed by atoms with Gasteiger partial charge in [0.15, 0.2) is 0 Å². The van der Waals surface area contributed by atoms with E-state index in [2.05, 4.69) is 0 Å². The van der Waals surface area contributed by atoms with E-state index in [0.29, 0.717) is 32.5 Å². The fourth-order valence-electron chi connectivity index (χ4n) is 2.74. The maximum absolute atomic E-state index is 12.1. The molecule has 0 saturated carbocycles. The maximum atomic E-state index is 12.1. The molecule has 1 amide bonds. The molecular formula is C17H23NO5. The first-order valence-electron chi connectivity index (χ1n) is 7.78. The van der Waals surface area contributed by atoms with Crippen molar-refractivity contribution in [3.63, 3.8) is 0 Å². The number of carboxylic acid groups (broad SMARTS) is 1. The molecular weight excluding hydrogens is 298 g/mol. The second kappa shape index (κ2) is 7.85. The summed E-state index contributed by atoms with van der Waals surface area (Å²) in [6, 6.07) is 7.27. The van der Waals surface area contributed by atoms with Gasteiger partial charge >= 0.3 is 5.97 Å². The SMILES string of the molecule is COc1ccc(OCCCC(=O)N2C[C@@H](C)[C@H](C(=O)O)C2)cc1. The number of amides is 1. The molecule has 1 aliphatic heterocycles. The summed E-state index contributed by atoms with van der Waals surface area (Å²) >= 11 is 0. The number of methoxy groups -OCH3 is 1. The molecule has 1 N–H and O–H groups in total. The molecule has 0 radical (unpaired) electrons. The predicted molar refractivity (Wildman–Crippen MR) is 84.6 cm³/mol. The summed E-state index contributed by atoms with van der Waals surface area (Å²) < 4.78 is 10.6. The first kappa shape index (κ1) is 17.1. The van der Waals surface area contributed by atoms with Crippen molar-refractivity contribution in [2.45, 2.75) is 19.8 Å². The smallest absolute Gasteiger partial charge is 0.308 e. The lowest BCUT2D eigenvalue weighted by molar-refractivity contribution is -0.142.